The van der Waals surface area contributed by atoms with E-state index in [-0.39, 0.29) is 0 Å². The molecule has 0 saturated carbocycles. The molecule has 4 nitrogen and oxygen atoms in total. The molecule has 0 atom stereocenters. The molecule has 0 saturated heterocycles. The van der Waals surface area contributed by atoms with E-state index in [1.54, 1.807) is 30.3 Å². The molecule has 0 amide bonds. The fraction of sp³-hybridized carbons (Fsp3) is 0. The van der Waals surface area contributed by atoms with Crippen molar-refractivity contribution in [1.82, 2.24) is 0 Å². The number of nitro benzene ring substituents is 1. The van der Waals surface area contributed by atoms with Crippen molar-refractivity contribution in [3.63, 3.8) is 0 Å². The molecular formula is C12H7F3N2O2S. The Bertz CT molecular complexity index is 651. The second kappa shape index (κ2) is 5.41. The van der Waals surface area contributed by atoms with E-state index in [0.717, 1.165) is 0 Å². The number of nitrogen functional groups attached to an aromatic ring is 1. The number of nitrogens with two attached hydrogens (primary N) is 1. The number of anilines is 1. The third kappa shape index (κ3) is 2.42. The van der Waals surface area contributed by atoms with Crippen molar-refractivity contribution in [1.29, 1.82) is 0 Å². The van der Waals surface area contributed by atoms with Gasteiger partial charge >= 0.3 is 5.69 Å². The number of nitrogens with zero attached hydrogens (tertiary/aromatic N) is 1. The van der Waals surface area contributed by atoms with Gasteiger partial charge in [0.15, 0.2) is 17.3 Å². The maximum absolute atomic E-state index is 13.9. The highest BCUT2D eigenvalue weighted by molar-refractivity contribution is 7.99. The lowest BCUT2D eigenvalue weighted by molar-refractivity contribution is -0.387. The summed E-state index contributed by atoms with van der Waals surface area (Å²) in [5.41, 5.74) is 2.76. The van der Waals surface area contributed by atoms with Gasteiger partial charge in [0.2, 0.25) is 5.82 Å². The van der Waals surface area contributed by atoms with Crippen molar-refractivity contribution in [3.05, 3.63) is 57.9 Å². The third-order valence-corrected chi connectivity index (χ3v) is 3.51. The van der Waals surface area contributed by atoms with E-state index in [4.69, 9.17) is 5.73 Å². The molecule has 20 heavy (non-hydrogen) atoms. The number of hydrogen-bond acceptors (Lipinski definition) is 4. The molecule has 2 aromatic carbocycles. The topological polar surface area (TPSA) is 69.2 Å². The molecule has 2 rings (SSSR count). The number of hydrogen-bond donors (Lipinski definition) is 1. The molecule has 0 aliphatic rings. The Balaban J connectivity index is 2.58. The van der Waals surface area contributed by atoms with Crippen LogP contribution in [0.2, 0.25) is 0 Å². The van der Waals surface area contributed by atoms with Gasteiger partial charge in [0.05, 0.1) is 9.82 Å². The Morgan fingerprint density at radius 1 is 1.05 bits per heavy atom. The predicted molar refractivity (Wildman–Crippen MR) is 67.9 cm³/mol. The Morgan fingerprint density at radius 3 is 2.20 bits per heavy atom. The normalized spacial score (nSPS) is 10.6. The summed E-state index contributed by atoms with van der Waals surface area (Å²) in [6, 6.07) is 8.06. The minimum atomic E-state index is -1.77. The lowest BCUT2D eigenvalue weighted by atomic mass is 10.2. The van der Waals surface area contributed by atoms with Crippen molar-refractivity contribution in [2.45, 2.75) is 9.79 Å². The maximum atomic E-state index is 13.9. The van der Waals surface area contributed by atoms with Crippen LogP contribution in [0.25, 0.3) is 0 Å². The van der Waals surface area contributed by atoms with Crippen LogP contribution in [0.3, 0.4) is 0 Å². The second-order valence-corrected chi connectivity index (χ2v) is 4.79. The first-order chi connectivity index (χ1) is 9.43. The average Bonchev–Trinajstić information content (AvgIpc) is 2.42. The van der Waals surface area contributed by atoms with Crippen molar-refractivity contribution in [3.8, 4) is 0 Å². The van der Waals surface area contributed by atoms with Crippen molar-refractivity contribution < 1.29 is 18.1 Å². The average molecular weight is 300 g/mol. The van der Waals surface area contributed by atoms with Gasteiger partial charge in [-0.25, -0.2) is 8.78 Å². The van der Waals surface area contributed by atoms with Crippen LogP contribution >= 0.6 is 11.8 Å². The van der Waals surface area contributed by atoms with Gasteiger partial charge in [0.1, 0.15) is 0 Å². The number of benzene rings is 2. The quantitative estimate of drug-likeness (QED) is 0.406. The van der Waals surface area contributed by atoms with Gasteiger partial charge in [0.25, 0.3) is 0 Å². The number of nitro groups is 1. The van der Waals surface area contributed by atoms with E-state index in [2.05, 4.69) is 0 Å². The van der Waals surface area contributed by atoms with E-state index >= 15 is 0 Å². The van der Waals surface area contributed by atoms with Crippen LogP contribution in [0.5, 0.6) is 0 Å². The monoisotopic (exact) mass is 300 g/mol. The van der Waals surface area contributed by atoms with Crippen LogP contribution in [0.15, 0.2) is 40.1 Å². The summed E-state index contributed by atoms with van der Waals surface area (Å²) < 4.78 is 41.2. The lowest BCUT2D eigenvalue weighted by Gasteiger charge is -2.08. The molecule has 8 heteroatoms. The Morgan fingerprint density at radius 2 is 1.65 bits per heavy atom. The number of halogens is 3. The van der Waals surface area contributed by atoms with Gasteiger partial charge in [-0.2, -0.15) is 4.39 Å². The fourth-order valence-corrected chi connectivity index (χ4v) is 2.43. The zero-order chi connectivity index (χ0) is 14.9. The molecule has 0 spiro atoms. The first-order valence-corrected chi connectivity index (χ1v) is 6.08. The molecule has 0 unspecified atom stereocenters. The smallest absolute Gasteiger partial charge is 0.333 e. The van der Waals surface area contributed by atoms with Crippen LogP contribution in [0, 0.1) is 27.6 Å². The van der Waals surface area contributed by atoms with Gasteiger partial charge in [-0.15, -0.1) is 0 Å². The summed E-state index contributed by atoms with van der Waals surface area (Å²) >= 11 is 0.597. The first-order valence-electron chi connectivity index (χ1n) is 5.26. The van der Waals surface area contributed by atoms with E-state index in [0.29, 0.717) is 16.7 Å². The zero-order valence-electron chi connectivity index (χ0n) is 9.77. The molecule has 104 valence electrons. The Kier molecular flexibility index (Phi) is 3.84. The third-order valence-electron chi connectivity index (χ3n) is 2.44. The Hall–Kier alpha value is -2.22. The highest BCUT2D eigenvalue weighted by Gasteiger charge is 2.31. The van der Waals surface area contributed by atoms with Gasteiger partial charge in [-0.1, -0.05) is 30.0 Å². The minimum Gasteiger partial charge on any atom is -0.391 e. The summed E-state index contributed by atoms with van der Waals surface area (Å²) in [5, 5.41) is 10.6. The van der Waals surface area contributed by atoms with E-state index in [9.17, 15) is 23.3 Å². The first kappa shape index (κ1) is 14.2. The molecule has 0 aliphatic carbocycles. The largest absolute Gasteiger partial charge is 0.391 e. The fourth-order valence-electron chi connectivity index (χ4n) is 1.52. The Labute approximate surface area is 115 Å². The minimum absolute atomic E-state index is 0.443. The molecule has 2 N–H and O–H groups in total. The molecule has 0 aliphatic heterocycles. The summed E-state index contributed by atoms with van der Waals surface area (Å²) in [4.78, 5) is 9.04. The van der Waals surface area contributed by atoms with Crippen molar-refractivity contribution in [2.24, 2.45) is 0 Å². The predicted octanol–water partition coefficient (Wildman–Crippen LogP) is 3.75. The van der Waals surface area contributed by atoms with E-state index in [1.165, 1.54) is 0 Å². The van der Waals surface area contributed by atoms with Crippen LogP contribution in [0.1, 0.15) is 0 Å². The number of rotatable bonds is 3. The van der Waals surface area contributed by atoms with Crippen LogP contribution < -0.4 is 5.73 Å². The molecule has 2 aromatic rings. The lowest BCUT2D eigenvalue weighted by Crippen LogP contribution is -2.06. The van der Waals surface area contributed by atoms with Gasteiger partial charge in [-0.05, 0) is 12.1 Å². The molecular weight excluding hydrogens is 293 g/mol. The highest BCUT2D eigenvalue weighted by Crippen LogP contribution is 2.40. The van der Waals surface area contributed by atoms with Gasteiger partial charge < -0.3 is 5.73 Å². The van der Waals surface area contributed by atoms with Gasteiger partial charge in [0, 0.05) is 4.90 Å². The van der Waals surface area contributed by atoms with Crippen molar-refractivity contribution >= 4 is 23.1 Å². The zero-order valence-corrected chi connectivity index (χ0v) is 10.6. The maximum Gasteiger partial charge on any atom is 0.333 e. The molecule has 0 fully saturated rings. The summed E-state index contributed by atoms with van der Waals surface area (Å²) in [5.74, 6) is -4.74. The molecule has 0 radical (unpaired) electrons. The highest BCUT2D eigenvalue weighted by atomic mass is 32.2. The SMILES string of the molecule is Nc1c(F)c(Sc2ccccc2)c(F)c(F)c1[N+](=O)[O-]. The molecule has 0 bridgehead atoms. The van der Waals surface area contributed by atoms with Crippen molar-refractivity contribution in [2.75, 3.05) is 5.73 Å². The van der Waals surface area contributed by atoms with Crippen LogP contribution in [0.4, 0.5) is 24.5 Å². The second-order valence-electron chi connectivity index (χ2n) is 3.71. The van der Waals surface area contributed by atoms with Crippen LogP contribution in [-0.4, -0.2) is 4.92 Å². The molecule has 0 heterocycles. The van der Waals surface area contributed by atoms with Gasteiger partial charge in [-0.3, -0.25) is 10.1 Å². The molecule has 0 aromatic heterocycles. The summed E-state index contributed by atoms with van der Waals surface area (Å²) in [6.45, 7) is 0. The van der Waals surface area contributed by atoms with E-state index in [1.807, 2.05) is 0 Å². The summed E-state index contributed by atoms with van der Waals surface area (Å²) in [7, 11) is 0. The van der Waals surface area contributed by atoms with Crippen LogP contribution in [-0.2, 0) is 0 Å². The summed E-state index contributed by atoms with van der Waals surface area (Å²) in [6.07, 6.45) is 0. The van der Waals surface area contributed by atoms with E-state index < -0.39 is 38.6 Å². The standard InChI is InChI=1S/C12H7F3N2O2S/c13-7-8(14)12(20-6-4-2-1-3-5-6)9(15)10(16)11(7)17(18)19/h1-5H,16H2.